The van der Waals surface area contributed by atoms with Gasteiger partial charge in [-0.15, -0.1) is 0 Å². The Morgan fingerprint density at radius 3 is 2.19 bits per heavy atom. The smallest absolute Gasteiger partial charge is 0.335 e. The summed E-state index contributed by atoms with van der Waals surface area (Å²) in [6.07, 6.45) is 0.376. The molecule has 1 unspecified atom stereocenters. The number of aromatic carboxylic acids is 1. The van der Waals surface area contributed by atoms with Gasteiger partial charge in [0.05, 0.1) is 17.6 Å². The van der Waals surface area contributed by atoms with E-state index < -0.39 is 11.9 Å². The van der Waals surface area contributed by atoms with Crippen LogP contribution in [0.2, 0.25) is 10.0 Å². The Morgan fingerprint density at radius 2 is 1.71 bits per heavy atom. The molecule has 0 aliphatic heterocycles. The topological polar surface area (TPSA) is 61.1 Å². The van der Waals surface area contributed by atoms with Gasteiger partial charge in [0.1, 0.15) is 0 Å². The minimum Gasteiger partial charge on any atom is -0.478 e. The van der Waals surface area contributed by atoms with Gasteiger partial charge < -0.3 is 5.11 Å². The van der Waals surface area contributed by atoms with Crippen LogP contribution in [-0.2, 0) is 6.42 Å². The monoisotopic (exact) mass is 319 g/mol. The van der Waals surface area contributed by atoms with Crippen LogP contribution in [0.4, 0.5) is 0 Å². The van der Waals surface area contributed by atoms with E-state index in [4.69, 9.17) is 28.3 Å². The minimum atomic E-state index is -0.996. The molecule has 2 aromatic rings. The van der Waals surface area contributed by atoms with Crippen molar-refractivity contribution in [2.45, 2.75) is 12.3 Å². The first-order valence-electron chi connectivity index (χ1n) is 6.18. The van der Waals surface area contributed by atoms with Crippen molar-refractivity contribution in [3.05, 3.63) is 69.2 Å². The molecular weight excluding hydrogens is 309 g/mol. The van der Waals surface area contributed by atoms with Crippen LogP contribution in [0.3, 0.4) is 0 Å². The van der Waals surface area contributed by atoms with E-state index in [1.165, 1.54) is 12.1 Å². The Hall–Kier alpha value is -2.02. The van der Waals surface area contributed by atoms with Gasteiger partial charge >= 0.3 is 5.97 Å². The molecule has 0 spiro atoms. The molecule has 0 heterocycles. The number of rotatable bonds is 4. The number of nitrogens with zero attached hydrogens (tertiary/aromatic N) is 1. The molecule has 5 heteroatoms. The molecule has 3 nitrogen and oxygen atoms in total. The van der Waals surface area contributed by atoms with Crippen molar-refractivity contribution in [1.29, 1.82) is 5.26 Å². The van der Waals surface area contributed by atoms with E-state index in [9.17, 15) is 10.1 Å². The molecule has 0 aliphatic carbocycles. The lowest BCUT2D eigenvalue weighted by Crippen LogP contribution is -2.03. The van der Waals surface area contributed by atoms with Gasteiger partial charge in [-0.1, -0.05) is 41.4 Å². The average molecular weight is 320 g/mol. The van der Waals surface area contributed by atoms with Gasteiger partial charge in [-0.25, -0.2) is 4.79 Å². The number of hydrogen-bond acceptors (Lipinski definition) is 2. The highest BCUT2D eigenvalue weighted by molar-refractivity contribution is 6.36. The van der Waals surface area contributed by atoms with Crippen LogP contribution in [-0.4, -0.2) is 11.1 Å². The van der Waals surface area contributed by atoms with E-state index in [1.807, 2.05) is 0 Å². The quantitative estimate of drug-likeness (QED) is 0.899. The number of carbonyl (C=O) groups is 1. The zero-order valence-corrected chi connectivity index (χ0v) is 12.4. The highest BCUT2D eigenvalue weighted by atomic mass is 35.5. The number of hydrogen-bond donors (Lipinski definition) is 1. The highest BCUT2D eigenvalue weighted by Gasteiger charge is 2.16. The first-order chi connectivity index (χ1) is 10.0. The predicted molar refractivity (Wildman–Crippen MR) is 81.9 cm³/mol. The van der Waals surface area contributed by atoms with Crippen LogP contribution in [0.1, 0.15) is 27.4 Å². The number of halogens is 2. The Labute approximate surface area is 132 Å². The molecule has 1 N–H and O–H groups in total. The molecule has 21 heavy (non-hydrogen) atoms. The van der Waals surface area contributed by atoms with Crippen LogP contribution in [0, 0.1) is 11.3 Å². The Bertz CT molecular complexity index is 685. The zero-order valence-electron chi connectivity index (χ0n) is 10.9. The number of nitriles is 1. The van der Waals surface area contributed by atoms with Crippen molar-refractivity contribution in [1.82, 2.24) is 0 Å². The van der Waals surface area contributed by atoms with Crippen LogP contribution in [0.5, 0.6) is 0 Å². The highest BCUT2D eigenvalue weighted by Crippen LogP contribution is 2.30. The molecule has 1 atom stereocenters. The van der Waals surface area contributed by atoms with Crippen molar-refractivity contribution < 1.29 is 9.90 Å². The first kappa shape index (κ1) is 15.4. The van der Waals surface area contributed by atoms with Crippen molar-refractivity contribution in [3.63, 3.8) is 0 Å². The molecule has 0 bridgehead atoms. The van der Waals surface area contributed by atoms with Crippen molar-refractivity contribution in [2.75, 3.05) is 0 Å². The van der Waals surface area contributed by atoms with Gasteiger partial charge in [0, 0.05) is 10.0 Å². The Balaban J connectivity index is 2.28. The van der Waals surface area contributed by atoms with E-state index >= 15 is 0 Å². The molecule has 2 rings (SSSR count). The van der Waals surface area contributed by atoms with Crippen LogP contribution >= 0.6 is 23.2 Å². The third kappa shape index (κ3) is 3.55. The Kier molecular flexibility index (Phi) is 4.85. The van der Waals surface area contributed by atoms with Gasteiger partial charge in [0.2, 0.25) is 0 Å². The summed E-state index contributed by atoms with van der Waals surface area (Å²) < 4.78 is 0. The maximum atomic E-state index is 10.8. The molecule has 2 aromatic carbocycles. The fourth-order valence-electron chi connectivity index (χ4n) is 2.03. The van der Waals surface area contributed by atoms with Gasteiger partial charge in [-0.2, -0.15) is 5.26 Å². The standard InChI is InChI=1S/C16H11Cl2NO2/c17-14-2-1-3-15(18)13(14)8-12(9-19)10-4-6-11(7-5-10)16(20)21/h1-7,12H,8H2,(H,20,21). The van der Waals surface area contributed by atoms with Crippen LogP contribution < -0.4 is 0 Å². The molecule has 0 radical (unpaired) electrons. The average Bonchev–Trinajstić information content (AvgIpc) is 2.47. The summed E-state index contributed by atoms with van der Waals surface area (Å²) in [6, 6.07) is 13.7. The van der Waals surface area contributed by atoms with Crippen molar-refractivity contribution in [2.24, 2.45) is 0 Å². The second-order valence-corrected chi connectivity index (χ2v) is 5.33. The summed E-state index contributed by atoms with van der Waals surface area (Å²) in [5.74, 6) is -1.44. The molecule has 0 saturated heterocycles. The lowest BCUT2D eigenvalue weighted by atomic mass is 9.92. The number of benzene rings is 2. The summed E-state index contributed by atoms with van der Waals surface area (Å²) >= 11 is 12.2. The largest absolute Gasteiger partial charge is 0.478 e. The van der Waals surface area contributed by atoms with E-state index in [0.717, 1.165) is 11.1 Å². The summed E-state index contributed by atoms with van der Waals surface area (Å²) in [5.41, 5.74) is 1.64. The van der Waals surface area contributed by atoms with E-state index in [2.05, 4.69) is 6.07 Å². The predicted octanol–water partition coefficient (Wildman–Crippen LogP) is 4.54. The van der Waals surface area contributed by atoms with Gasteiger partial charge in [0.25, 0.3) is 0 Å². The van der Waals surface area contributed by atoms with Crippen molar-refractivity contribution >= 4 is 29.2 Å². The summed E-state index contributed by atoms with van der Waals surface area (Å²) in [6.45, 7) is 0. The van der Waals surface area contributed by atoms with Crippen molar-refractivity contribution in [3.8, 4) is 6.07 Å². The second kappa shape index (κ2) is 6.62. The van der Waals surface area contributed by atoms with E-state index in [-0.39, 0.29) is 5.56 Å². The molecule has 0 saturated carbocycles. The normalized spacial score (nSPS) is 11.7. The van der Waals surface area contributed by atoms with Gasteiger partial charge in [-0.3, -0.25) is 0 Å². The summed E-state index contributed by atoms with van der Waals surface area (Å²) in [7, 11) is 0. The SMILES string of the molecule is N#CC(Cc1c(Cl)cccc1Cl)c1ccc(C(=O)O)cc1. The maximum absolute atomic E-state index is 10.8. The van der Waals surface area contributed by atoms with E-state index in [0.29, 0.717) is 16.5 Å². The minimum absolute atomic E-state index is 0.186. The second-order valence-electron chi connectivity index (χ2n) is 4.51. The summed E-state index contributed by atoms with van der Waals surface area (Å²) in [4.78, 5) is 10.8. The van der Waals surface area contributed by atoms with Gasteiger partial charge in [0.15, 0.2) is 0 Å². The molecule has 0 aliphatic rings. The maximum Gasteiger partial charge on any atom is 0.335 e. The third-order valence-corrected chi connectivity index (χ3v) is 3.89. The first-order valence-corrected chi connectivity index (χ1v) is 6.94. The fourth-order valence-corrected chi connectivity index (χ4v) is 2.58. The lowest BCUT2D eigenvalue weighted by Gasteiger charge is -2.12. The molecular formula is C16H11Cl2NO2. The Morgan fingerprint density at radius 1 is 1.14 bits per heavy atom. The zero-order chi connectivity index (χ0) is 15.4. The number of carboxylic acid groups (broad SMARTS) is 1. The number of carboxylic acids is 1. The third-order valence-electron chi connectivity index (χ3n) is 3.19. The molecule has 0 aromatic heterocycles. The van der Waals surface area contributed by atoms with E-state index in [1.54, 1.807) is 30.3 Å². The van der Waals surface area contributed by atoms with Gasteiger partial charge in [-0.05, 0) is 41.8 Å². The molecule has 0 amide bonds. The van der Waals surface area contributed by atoms with Crippen LogP contribution in [0.25, 0.3) is 0 Å². The summed E-state index contributed by atoms with van der Waals surface area (Å²) in [5, 5.41) is 19.3. The van der Waals surface area contributed by atoms with Crippen LogP contribution in [0.15, 0.2) is 42.5 Å². The lowest BCUT2D eigenvalue weighted by molar-refractivity contribution is 0.0697. The molecule has 106 valence electrons. The molecule has 0 fully saturated rings. The fraction of sp³-hybridized carbons (Fsp3) is 0.125.